The second-order valence-corrected chi connectivity index (χ2v) is 5.61. The fraction of sp³-hybridized carbons (Fsp3) is 0.214. The lowest BCUT2D eigenvalue weighted by Gasteiger charge is -2.15. The molecule has 19 heavy (non-hydrogen) atoms. The van der Waals surface area contributed by atoms with Gasteiger partial charge in [0.05, 0.1) is 5.02 Å². The van der Waals surface area contributed by atoms with Crippen LogP contribution in [-0.4, -0.2) is 12.0 Å². The maximum atomic E-state index is 13.4. The molecule has 0 bridgehead atoms. The van der Waals surface area contributed by atoms with Gasteiger partial charge in [-0.2, -0.15) is 0 Å². The van der Waals surface area contributed by atoms with Crippen molar-refractivity contribution in [2.75, 3.05) is 7.05 Å². The van der Waals surface area contributed by atoms with Gasteiger partial charge in [0.2, 0.25) is 0 Å². The normalized spacial score (nSPS) is 12.4. The molecule has 100 valence electrons. The highest BCUT2D eigenvalue weighted by molar-refractivity contribution is 7.99. The molecule has 2 rings (SSSR count). The molecule has 2 nitrogen and oxygen atoms in total. The Labute approximate surface area is 121 Å². The van der Waals surface area contributed by atoms with Gasteiger partial charge in [-0.25, -0.2) is 9.37 Å². The standard InChI is InChI=1S/C14H14ClFN2S/c1-9(17-2)12-7-11(16)4-5-13(12)19-14-6-3-10(15)8-18-14/h3-9,17H,1-2H3. The number of nitrogens with zero attached hydrogens (tertiary/aromatic N) is 1. The largest absolute Gasteiger partial charge is 0.313 e. The van der Waals surface area contributed by atoms with Crippen molar-refractivity contribution in [3.63, 3.8) is 0 Å². The minimum Gasteiger partial charge on any atom is -0.313 e. The molecule has 0 saturated heterocycles. The lowest BCUT2D eigenvalue weighted by atomic mass is 10.1. The number of hydrogen-bond donors (Lipinski definition) is 1. The molecule has 0 amide bonds. The second-order valence-electron chi connectivity index (χ2n) is 4.11. The van der Waals surface area contributed by atoms with E-state index in [0.717, 1.165) is 15.5 Å². The van der Waals surface area contributed by atoms with Crippen molar-refractivity contribution in [3.8, 4) is 0 Å². The van der Waals surface area contributed by atoms with Crippen LogP contribution in [-0.2, 0) is 0 Å². The van der Waals surface area contributed by atoms with E-state index >= 15 is 0 Å². The summed E-state index contributed by atoms with van der Waals surface area (Å²) in [5.41, 5.74) is 0.921. The Morgan fingerprint density at radius 2 is 2.11 bits per heavy atom. The summed E-state index contributed by atoms with van der Waals surface area (Å²) in [4.78, 5) is 5.22. The number of pyridine rings is 1. The Hall–Kier alpha value is -1.10. The molecule has 1 atom stereocenters. The molecule has 1 aromatic carbocycles. The molecule has 2 aromatic rings. The number of rotatable bonds is 4. The van der Waals surface area contributed by atoms with Crippen LogP contribution in [0.15, 0.2) is 46.5 Å². The first kappa shape index (κ1) is 14.3. The maximum Gasteiger partial charge on any atom is 0.123 e. The molecule has 0 aliphatic heterocycles. The summed E-state index contributed by atoms with van der Waals surface area (Å²) in [5, 5.41) is 4.56. The van der Waals surface area contributed by atoms with E-state index in [1.54, 1.807) is 24.4 Å². The summed E-state index contributed by atoms with van der Waals surface area (Å²) in [6.07, 6.45) is 1.61. The average Bonchev–Trinajstić information content (AvgIpc) is 2.42. The molecule has 0 fully saturated rings. The van der Waals surface area contributed by atoms with Gasteiger partial charge in [0.1, 0.15) is 10.8 Å². The van der Waals surface area contributed by atoms with E-state index in [1.165, 1.54) is 17.8 Å². The monoisotopic (exact) mass is 296 g/mol. The predicted molar refractivity (Wildman–Crippen MR) is 77.2 cm³/mol. The van der Waals surface area contributed by atoms with E-state index in [2.05, 4.69) is 10.3 Å². The van der Waals surface area contributed by atoms with E-state index in [4.69, 9.17) is 11.6 Å². The van der Waals surface area contributed by atoms with Gasteiger partial charge in [0.15, 0.2) is 0 Å². The number of hydrogen-bond acceptors (Lipinski definition) is 3. The van der Waals surface area contributed by atoms with Crippen LogP contribution in [0.5, 0.6) is 0 Å². The van der Waals surface area contributed by atoms with Gasteiger partial charge >= 0.3 is 0 Å². The van der Waals surface area contributed by atoms with Crippen LogP contribution >= 0.6 is 23.4 Å². The average molecular weight is 297 g/mol. The molecule has 0 aliphatic rings. The Kier molecular flexibility index (Phi) is 4.80. The smallest absolute Gasteiger partial charge is 0.123 e. The molecule has 0 spiro atoms. The molecule has 0 aliphatic carbocycles. The topological polar surface area (TPSA) is 24.9 Å². The zero-order valence-electron chi connectivity index (χ0n) is 10.7. The lowest BCUT2D eigenvalue weighted by molar-refractivity contribution is 0.601. The maximum absolute atomic E-state index is 13.4. The predicted octanol–water partition coefficient (Wildman–Crippen LogP) is 4.31. The first-order chi connectivity index (χ1) is 9.10. The number of halogens is 2. The third-order valence-electron chi connectivity index (χ3n) is 2.79. The fourth-order valence-electron chi connectivity index (χ4n) is 1.64. The Morgan fingerprint density at radius 1 is 1.32 bits per heavy atom. The molecule has 0 radical (unpaired) electrons. The SMILES string of the molecule is CNC(C)c1cc(F)ccc1Sc1ccc(Cl)cn1. The zero-order valence-corrected chi connectivity index (χ0v) is 12.2. The number of benzene rings is 1. The molecule has 1 N–H and O–H groups in total. The van der Waals surface area contributed by atoms with Crippen molar-refractivity contribution >= 4 is 23.4 Å². The van der Waals surface area contributed by atoms with Gasteiger partial charge in [-0.1, -0.05) is 23.4 Å². The summed E-state index contributed by atoms with van der Waals surface area (Å²) < 4.78 is 13.4. The van der Waals surface area contributed by atoms with Crippen LogP contribution in [0.1, 0.15) is 18.5 Å². The molecule has 0 saturated carbocycles. The van der Waals surface area contributed by atoms with Crippen molar-refractivity contribution in [3.05, 3.63) is 52.9 Å². The van der Waals surface area contributed by atoms with Crippen molar-refractivity contribution in [1.82, 2.24) is 10.3 Å². The highest BCUT2D eigenvalue weighted by Gasteiger charge is 2.12. The summed E-state index contributed by atoms with van der Waals surface area (Å²) >= 11 is 7.31. The minimum absolute atomic E-state index is 0.0745. The summed E-state index contributed by atoms with van der Waals surface area (Å²) in [7, 11) is 1.85. The summed E-state index contributed by atoms with van der Waals surface area (Å²) in [5.74, 6) is -0.231. The van der Waals surface area contributed by atoms with Gasteiger partial charge in [-0.15, -0.1) is 0 Å². The minimum atomic E-state index is -0.231. The first-order valence-corrected chi connectivity index (χ1v) is 7.05. The van der Waals surface area contributed by atoms with E-state index in [9.17, 15) is 4.39 Å². The zero-order chi connectivity index (χ0) is 13.8. The molecule has 1 aromatic heterocycles. The van der Waals surface area contributed by atoms with E-state index in [1.807, 2.05) is 20.0 Å². The van der Waals surface area contributed by atoms with E-state index < -0.39 is 0 Å². The third-order valence-corrected chi connectivity index (χ3v) is 4.05. The van der Waals surface area contributed by atoms with Crippen LogP contribution in [0.4, 0.5) is 4.39 Å². The van der Waals surface area contributed by atoms with Crippen molar-refractivity contribution < 1.29 is 4.39 Å². The highest BCUT2D eigenvalue weighted by Crippen LogP contribution is 2.33. The molecule has 1 heterocycles. The quantitative estimate of drug-likeness (QED) is 0.910. The summed E-state index contributed by atoms with van der Waals surface area (Å²) in [6.45, 7) is 1.99. The Bertz CT molecular complexity index is 560. The third kappa shape index (κ3) is 3.69. The summed E-state index contributed by atoms with van der Waals surface area (Å²) in [6, 6.07) is 8.51. The fourth-order valence-corrected chi connectivity index (χ4v) is 2.71. The van der Waals surface area contributed by atoms with Crippen molar-refractivity contribution in [2.45, 2.75) is 22.9 Å². The molecular weight excluding hydrogens is 283 g/mol. The van der Waals surface area contributed by atoms with Gasteiger partial charge in [0.25, 0.3) is 0 Å². The van der Waals surface area contributed by atoms with Crippen LogP contribution in [0.25, 0.3) is 0 Å². The molecule has 1 unspecified atom stereocenters. The number of nitrogens with one attached hydrogen (secondary N) is 1. The Balaban J connectivity index is 2.31. The van der Waals surface area contributed by atoms with Gasteiger partial charge in [0, 0.05) is 17.1 Å². The van der Waals surface area contributed by atoms with E-state index in [0.29, 0.717) is 5.02 Å². The van der Waals surface area contributed by atoms with Crippen molar-refractivity contribution in [1.29, 1.82) is 0 Å². The van der Waals surface area contributed by atoms with Crippen molar-refractivity contribution in [2.24, 2.45) is 0 Å². The first-order valence-electron chi connectivity index (χ1n) is 5.86. The molecule has 5 heteroatoms. The second kappa shape index (κ2) is 6.37. The van der Waals surface area contributed by atoms with Gasteiger partial charge in [-0.05, 0) is 49.9 Å². The van der Waals surface area contributed by atoms with E-state index in [-0.39, 0.29) is 11.9 Å². The van der Waals surface area contributed by atoms with Crippen LogP contribution in [0, 0.1) is 5.82 Å². The highest BCUT2D eigenvalue weighted by atomic mass is 35.5. The van der Waals surface area contributed by atoms with Gasteiger partial charge < -0.3 is 5.32 Å². The molecular formula is C14H14ClFN2S. The lowest BCUT2D eigenvalue weighted by Crippen LogP contribution is -2.13. The van der Waals surface area contributed by atoms with Gasteiger partial charge in [-0.3, -0.25) is 0 Å². The van der Waals surface area contributed by atoms with Crippen LogP contribution in [0.3, 0.4) is 0 Å². The van der Waals surface area contributed by atoms with Crippen LogP contribution < -0.4 is 5.32 Å². The number of aromatic nitrogens is 1. The Morgan fingerprint density at radius 3 is 2.74 bits per heavy atom. The van der Waals surface area contributed by atoms with Crippen LogP contribution in [0.2, 0.25) is 5.02 Å².